The Morgan fingerprint density at radius 3 is 2.70 bits per heavy atom. The van der Waals surface area contributed by atoms with Crippen molar-refractivity contribution in [3.05, 3.63) is 52.6 Å². The topological polar surface area (TPSA) is 204 Å². The number of nitrogens with two attached hydrogens (primary N) is 1. The smallest absolute Gasteiger partial charge is 0.280 e. The van der Waals surface area contributed by atoms with Crippen LogP contribution in [0.1, 0.15) is 12.0 Å². The van der Waals surface area contributed by atoms with Gasteiger partial charge in [0.25, 0.3) is 5.56 Å². The molecule has 3 aromatic rings. The molecule has 30 heavy (non-hydrogen) atoms. The van der Waals surface area contributed by atoms with E-state index in [9.17, 15) is 19.8 Å². The van der Waals surface area contributed by atoms with Crippen LogP contribution in [-0.4, -0.2) is 54.3 Å². The van der Waals surface area contributed by atoms with Crippen LogP contribution in [-0.2, 0) is 21.7 Å². The Labute approximate surface area is 169 Å². The molecule has 1 aromatic carbocycles. The number of hydrogen-bond donors (Lipinski definition) is 4. The quantitative estimate of drug-likeness (QED) is 0.388. The second-order valence-corrected chi connectivity index (χ2v) is 6.72. The van der Waals surface area contributed by atoms with Crippen LogP contribution >= 0.6 is 0 Å². The molecule has 0 spiro atoms. The van der Waals surface area contributed by atoms with Crippen LogP contribution in [0, 0.1) is 10.8 Å². The number of ether oxygens (including phenoxy) is 1. The maximum Gasteiger partial charge on any atom is 0.280 e. The summed E-state index contributed by atoms with van der Waals surface area (Å²) in [5, 5.41) is 31.9. The zero-order chi connectivity index (χ0) is 21.9. The van der Waals surface area contributed by atoms with Gasteiger partial charge in [0.05, 0.1) is 12.7 Å². The number of fused-ring (bicyclic) bond motifs is 1. The predicted octanol–water partition coefficient (Wildman–Crippen LogP) is -0.661. The Kier molecular flexibility index (Phi) is 5.88. The van der Waals surface area contributed by atoms with Gasteiger partial charge in [0.1, 0.15) is 12.4 Å². The number of nitrogens with one attached hydrogen (secondary N) is 1. The van der Waals surface area contributed by atoms with E-state index in [0.717, 1.165) is 5.56 Å². The van der Waals surface area contributed by atoms with E-state index in [2.05, 4.69) is 15.0 Å². The molecule has 2 aromatic heterocycles. The fourth-order valence-electron chi connectivity index (χ4n) is 3.53. The van der Waals surface area contributed by atoms with Crippen molar-refractivity contribution in [2.45, 2.75) is 30.8 Å². The van der Waals surface area contributed by atoms with Crippen molar-refractivity contribution in [1.82, 2.24) is 19.5 Å². The van der Waals surface area contributed by atoms with Gasteiger partial charge in [-0.2, -0.15) is 4.98 Å². The number of Topliss-reactive ketones (excluding diaryl/α,β-unsaturated/α-hetero) is 1. The number of aliphatic hydroxyl groups is 2. The normalized spacial score (nSPS) is 23.1. The summed E-state index contributed by atoms with van der Waals surface area (Å²) >= 11 is 0. The van der Waals surface area contributed by atoms with Gasteiger partial charge >= 0.3 is 0 Å². The molecular formula is C18H19N7O5. The van der Waals surface area contributed by atoms with Crippen molar-refractivity contribution in [1.29, 1.82) is 10.8 Å². The highest BCUT2D eigenvalue weighted by Gasteiger charge is 2.53. The summed E-state index contributed by atoms with van der Waals surface area (Å²) < 4.78 is 7.17. The van der Waals surface area contributed by atoms with Crippen molar-refractivity contribution >= 4 is 22.9 Å². The van der Waals surface area contributed by atoms with Crippen LogP contribution in [0.15, 0.2) is 41.5 Å². The van der Waals surface area contributed by atoms with Crippen LogP contribution in [0.3, 0.4) is 0 Å². The van der Waals surface area contributed by atoms with Crippen LogP contribution in [0.2, 0.25) is 0 Å². The average Bonchev–Trinajstić information content (AvgIpc) is 3.32. The number of imidazole rings is 1. The maximum absolute atomic E-state index is 13.3. The zero-order valence-corrected chi connectivity index (χ0v) is 15.7. The zero-order valence-electron chi connectivity index (χ0n) is 15.7. The lowest BCUT2D eigenvalue weighted by atomic mass is 9.96. The largest absolute Gasteiger partial charge is 0.394 e. The van der Waals surface area contributed by atoms with Gasteiger partial charge in [0.2, 0.25) is 11.7 Å². The second-order valence-electron chi connectivity index (χ2n) is 6.72. The summed E-state index contributed by atoms with van der Waals surface area (Å²) in [6, 6.07) is 9.06. The first-order valence-corrected chi connectivity index (χ1v) is 8.92. The van der Waals surface area contributed by atoms with Crippen LogP contribution < -0.4 is 11.3 Å². The summed E-state index contributed by atoms with van der Waals surface area (Å²) in [7, 11) is 0. The second kappa shape index (κ2) is 8.37. The Hall–Kier alpha value is -3.66. The molecule has 0 radical (unpaired) electrons. The van der Waals surface area contributed by atoms with Crippen molar-refractivity contribution in [3.8, 4) is 0 Å². The third kappa shape index (κ3) is 3.52. The van der Waals surface area contributed by atoms with Crippen molar-refractivity contribution in [2.24, 2.45) is 0 Å². The van der Waals surface area contributed by atoms with Gasteiger partial charge in [-0.3, -0.25) is 19.1 Å². The predicted molar refractivity (Wildman–Crippen MR) is 102 cm³/mol. The van der Waals surface area contributed by atoms with Gasteiger partial charge in [0, 0.05) is 23.6 Å². The number of benzene rings is 1. The molecule has 12 heteroatoms. The molecule has 4 rings (SSSR count). The average molecular weight is 413 g/mol. The number of ketones is 1. The van der Waals surface area contributed by atoms with E-state index in [1.807, 2.05) is 18.2 Å². The monoisotopic (exact) mass is 413 g/mol. The number of anilines is 1. The van der Waals surface area contributed by atoms with Gasteiger partial charge in [-0.25, -0.2) is 4.98 Å². The van der Waals surface area contributed by atoms with E-state index >= 15 is 0 Å². The first-order chi connectivity index (χ1) is 14.4. The molecule has 0 bridgehead atoms. The number of nitrogens with zero attached hydrogens (tertiary/aromatic N) is 5. The lowest BCUT2D eigenvalue weighted by molar-refractivity contribution is -0.160. The Morgan fingerprint density at radius 1 is 1.37 bits per heavy atom. The SMILES string of the molecule is N#N.Nc1nc2c(ncn2[C@@]2(C(=O)Cc3ccccc3)C[C@H](O)[C@@H](CO)O2)c(=O)[nH]1. The molecule has 0 saturated carbocycles. The Bertz CT molecular complexity index is 1130. The number of carbonyl (C=O) groups excluding carboxylic acids is 1. The van der Waals surface area contributed by atoms with Crippen molar-refractivity contribution in [2.75, 3.05) is 12.3 Å². The minimum absolute atomic E-state index is 0.00776. The first kappa shape index (κ1) is 21.1. The molecule has 3 atom stereocenters. The first-order valence-electron chi connectivity index (χ1n) is 8.92. The third-order valence-electron chi connectivity index (χ3n) is 4.90. The molecule has 5 N–H and O–H groups in total. The maximum atomic E-state index is 13.3. The molecule has 1 saturated heterocycles. The number of aliphatic hydroxyl groups excluding tert-OH is 2. The van der Waals surface area contributed by atoms with E-state index in [0.29, 0.717) is 0 Å². The molecule has 3 heterocycles. The molecule has 156 valence electrons. The number of aromatic nitrogens is 4. The molecular weight excluding hydrogens is 394 g/mol. The van der Waals surface area contributed by atoms with E-state index in [4.69, 9.17) is 21.3 Å². The highest BCUT2D eigenvalue weighted by atomic mass is 16.6. The number of rotatable bonds is 5. The lowest BCUT2D eigenvalue weighted by Crippen LogP contribution is -2.43. The minimum Gasteiger partial charge on any atom is -0.394 e. The molecule has 12 nitrogen and oxygen atoms in total. The van der Waals surface area contributed by atoms with Gasteiger partial charge in [0.15, 0.2) is 16.9 Å². The van der Waals surface area contributed by atoms with Crippen LogP contribution in [0.5, 0.6) is 0 Å². The van der Waals surface area contributed by atoms with Crippen molar-refractivity contribution in [3.63, 3.8) is 0 Å². The Morgan fingerprint density at radius 2 is 2.07 bits per heavy atom. The number of carbonyl (C=O) groups is 1. The third-order valence-corrected chi connectivity index (χ3v) is 4.90. The highest BCUT2D eigenvalue weighted by molar-refractivity contribution is 5.89. The summed E-state index contributed by atoms with van der Waals surface area (Å²) in [5.74, 6) is -0.504. The highest BCUT2D eigenvalue weighted by Crippen LogP contribution is 2.38. The summed E-state index contributed by atoms with van der Waals surface area (Å²) in [5.41, 5.74) is 4.24. The summed E-state index contributed by atoms with van der Waals surface area (Å²) in [6.07, 6.45) is -0.881. The van der Waals surface area contributed by atoms with Gasteiger partial charge in [-0.1, -0.05) is 30.3 Å². The molecule has 1 aliphatic rings. The standard InChI is InChI=1S/C18H19N5O5.N2/c19-17-21-15-14(16(27)22-17)20-9-23(15)18(7-11(25)12(8-24)28-18)13(26)6-10-4-2-1-3-5-10;1-2/h1-5,9,11-12,24-25H,6-8H2,(H3,19,21,22,27);/t11-,12+,18-;/m0./s1. The molecule has 0 unspecified atom stereocenters. The van der Waals surface area contributed by atoms with Crippen LogP contribution in [0.25, 0.3) is 11.2 Å². The Balaban J connectivity index is 0.00000124. The number of hydrogen-bond acceptors (Lipinski definition) is 10. The van der Waals surface area contributed by atoms with Gasteiger partial charge in [-0.05, 0) is 5.56 Å². The molecule has 0 aliphatic carbocycles. The molecule has 0 amide bonds. The number of aromatic amines is 1. The van der Waals surface area contributed by atoms with Gasteiger partial charge in [-0.15, -0.1) is 0 Å². The minimum atomic E-state index is -1.68. The number of nitrogen functional groups attached to an aromatic ring is 1. The lowest BCUT2D eigenvalue weighted by Gasteiger charge is -2.29. The van der Waals surface area contributed by atoms with Crippen LogP contribution in [0.4, 0.5) is 5.95 Å². The molecule has 1 fully saturated rings. The van der Waals surface area contributed by atoms with E-state index in [1.165, 1.54) is 10.9 Å². The summed E-state index contributed by atoms with van der Waals surface area (Å²) in [6.45, 7) is -0.468. The van der Waals surface area contributed by atoms with E-state index in [-0.39, 0.29) is 35.7 Å². The summed E-state index contributed by atoms with van der Waals surface area (Å²) in [4.78, 5) is 35.9. The number of H-pyrrole nitrogens is 1. The van der Waals surface area contributed by atoms with E-state index in [1.54, 1.807) is 12.1 Å². The fraction of sp³-hybridized carbons (Fsp3) is 0.333. The van der Waals surface area contributed by atoms with E-state index < -0.39 is 30.1 Å². The molecule has 1 aliphatic heterocycles. The van der Waals surface area contributed by atoms with Crippen molar-refractivity contribution < 1.29 is 19.7 Å². The van der Waals surface area contributed by atoms with Gasteiger partial charge < -0.3 is 20.7 Å². The fourth-order valence-corrected chi connectivity index (χ4v) is 3.53.